The molecule has 0 heterocycles. The minimum absolute atomic E-state index is 0.511. The Balaban J connectivity index is 3.76. The first kappa shape index (κ1) is 12.8. The fraction of sp³-hybridized carbons (Fsp3) is 0.818. The van der Waals surface area contributed by atoms with Crippen LogP contribution in [0.25, 0.3) is 0 Å². The fourth-order valence-corrected chi connectivity index (χ4v) is 1.54. The van der Waals surface area contributed by atoms with Crippen LogP contribution in [0.5, 0.6) is 0 Å². The van der Waals surface area contributed by atoms with Crippen LogP contribution in [0.3, 0.4) is 0 Å². The SMILES string of the molecule is BC(/C=C(/C)CCCC)NC(C)C. The van der Waals surface area contributed by atoms with Crippen LogP contribution in [0.2, 0.25) is 0 Å². The predicted octanol–water partition coefficient (Wildman–Crippen LogP) is 2.08. The maximum absolute atomic E-state index is 3.47. The van der Waals surface area contributed by atoms with Crippen molar-refractivity contribution in [2.24, 2.45) is 0 Å². The normalized spacial score (nSPS) is 15.0. The van der Waals surface area contributed by atoms with Gasteiger partial charge in [0.25, 0.3) is 0 Å². The molecule has 76 valence electrons. The predicted molar refractivity (Wildman–Crippen MR) is 63.9 cm³/mol. The highest BCUT2D eigenvalue weighted by molar-refractivity contribution is 6.13. The fourth-order valence-electron chi connectivity index (χ4n) is 1.54. The molecule has 0 aliphatic rings. The smallest absolute Gasteiger partial charge is 0.128 e. The molecule has 0 radical (unpaired) electrons. The van der Waals surface area contributed by atoms with Crippen molar-refractivity contribution in [3.8, 4) is 0 Å². The summed E-state index contributed by atoms with van der Waals surface area (Å²) < 4.78 is 0. The second-order valence-corrected chi connectivity index (χ2v) is 4.23. The molecule has 1 unspecified atom stereocenters. The Hall–Kier alpha value is -0.235. The van der Waals surface area contributed by atoms with Crippen molar-refractivity contribution in [1.29, 1.82) is 0 Å². The monoisotopic (exact) mass is 181 g/mol. The number of rotatable bonds is 6. The Morgan fingerprint density at radius 2 is 2.08 bits per heavy atom. The van der Waals surface area contributed by atoms with Crippen LogP contribution in [0, 0.1) is 0 Å². The molecule has 0 aromatic carbocycles. The summed E-state index contributed by atoms with van der Waals surface area (Å²) in [6.45, 7) is 8.84. The second-order valence-electron chi connectivity index (χ2n) is 4.23. The Kier molecular flexibility index (Phi) is 7.07. The molecule has 0 aromatic rings. The third-order valence-corrected chi connectivity index (χ3v) is 2.06. The Bertz CT molecular complexity index is 152. The van der Waals surface area contributed by atoms with E-state index < -0.39 is 0 Å². The van der Waals surface area contributed by atoms with Crippen LogP contribution in [-0.2, 0) is 0 Å². The molecule has 1 N–H and O–H groups in total. The zero-order chi connectivity index (χ0) is 10.3. The van der Waals surface area contributed by atoms with Crippen molar-refractivity contribution in [3.05, 3.63) is 11.6 Å². The van der Waals surface area contributed by atoms with Crippen LogP contribution in [0.15, 0.2) is 11.6 Å². The first-order valence-electron chi connectivity index (χ1n) is 5.49. The molecule has 13 heavy (non-hydrogen) atoms. The van der Waals surface area contributed by atoms with E-state index in [4.69, 9.17) is 0 Å². The topological polar surface area (TPSA) is 12.0 Å². The summed E-state index contributed by atoms with van der Waals surface area (Å²) in [4.78, 5) is 0. The quantitative estimate of drug-likeness (QED) is 0.488. The third kappa shape index (κ3) is 8.10. The molecule has 1 atom stereocenters. The minimum Gasteiger partial charge on any atom is -0.316 e. The van der Waals surface area contributed by atoms with Crippen LogP contribution in [0.4, 0.5) is 0 Å². The van der Waals surface area contributed by atoms with Gasteiger partial charge >= 0.3 is 0 Å². The molecule has 2 heteroatoms. The number of unbranched alkanes of at least 4 members (excludes halogenated alkanes) is 1. The number of nitrogens with one attached hydrogen (secondary N) is 1. The van der Waals surface area contributed by atoms with Crippen LogP contribution in [-0.4, -0.2) is 19.8 Å². The van der Waals surface area contributed by atoms with E-state index in [0.717, 1.165) is 0 Å². The zero-order valence-corrected chi connectivity index (χ0v) is 9.85. The molecular weight excluding hydrogens is 157 g/mol. The number of hydrogen-bond acceptors (Lipinski definition) is 1. The molecule has 0 bridgehead atoms. The van der Waals surface area contributed by atoms with Gasteiger partial charge in [0.15, 0.2) is 0 Å². The van der Waals surface area contributed by atoms with Crippen LogP contribution in [0.1, 0.15) is 47.0 Å². The van der Waals surface area contributed by atoms with E-state index in [9.17, 15) is 0 Å². The standard InChI is InChI=1S/C11H24BN/c1-5-6-7-10(4)8-11(12)13-9(2)3/h8-9,11,13H,5-7,12H2,1-4H3/b10-8-. The molecule has 0 aliphatic heterocycles. The molecule has 1 nitrogen and oxygen atoms in total. The molecule has 0 aromatic heterocycles. The van der Waals surface area contributed by atoms with Gasteiger partial charge in [0, 0.05) is 6.04 Å². The van der Waals surface area contributed by atoms with E-state index in [2.05, 4.69) is 46.9 Å². The number of hydrogen-bond donors (Lipinski definition) is 1. The molecule has 0 spiro atoms. The molecule has 0 amide bonds. The highest BCUT2D eigenvalue weighted by atomic mass is 14.9. The molecule has 0 fully saturated rings. The molecule has 0 saturated carbocycles. The summed E-state index contributed by atoms with van der Waals surface area (Å²) in [5.41, 5.74) is 1.52. The van der Waals surface area contributed by atoms with Gasteiger partial charge in [0.05, 0.1) is 0 Å². The van der Waals surface area contributed by atoms with E-state index in [1.807, 2.05) is 0 Å². The second kappa shape index (κ2) is 7.20. The highest BCUT2D eigenvalue weighted by Gasteiger charge is 2.00. The molecular formula is C11H24BN. The maximum atomic E-state index is 3.47. The Morgan fingerprint density at radius 1 is 1.46 bits per heavy atom. The van der Waals surface area contributed by atoms with Gasteiger partial charge in [-0.05, 0) is 25.7 Å². The molecule has 0 aliphatic carbocycles. The van der Waals surface area contributed by atoms with Crippen molar-refractivity contribution in [1.82, 2.24) is 5.32 Å². The van der Waals surface area contributed by atoms with Gasteiger partial charge in [-0.2, -0.15) is 0 Å². The molecule has 0 saturated heterocycles. The molecule has 0 rings (SSSR count). The Morgan fingerprint density at radius 3 is 2.54 bits per heavy atom. The van der Waals surface area contributed by atoms with Gasteiger partial charge in [-0.1, -0.05) is 38.8 Å². The summed E-state index contributed by atoms with van der Waals surface area (Å²) in [5.74, 6) is 0.511. The summed E-state index contributed by atoms with van der Waals surface area (Å²) in [7, 11) is 2.22. The van der Waals surface area contributed by atoms with E-state index in [1.165, 1.54) is 24.8 Å². The van der Waals surface area contributed by atoms with Gasteiger partial charge in [0.2, 0.25) is 0 Å². The zero-order valence-electron chi connectivity index (χ0n) is 9.85. The summed E-state index contributed by atoms with van der Waals surface area (Å²) in [6, 6.07) is 0.574. The van der Waals surface area contributed by atoms with Crippen LogP contribution >= 0.6 is 0 Å². The van der Waals surface area contributed by atoms with Crippen molar-refractivity contribution in [2.45, 2.75) is 58.9 Å². The van der Waals surface area contributed by atoms with Crippen LogP contribution < -0.4 is 5.32 Å². The average molecular weight is 181 g/mol. The highest BCUT2D eigenvalue weighted by Crippen LogP contribution is 2.06. The lowest BCUT2D eigenvalue weighted by Crippen LogP contribution is -2.33. The third-order valence-electron chi connectivity index (χ3n) is 2.06. The largest absolute Gasteiger partial charge is 0.316 e. The average Bonchev–Trinajstić information content (AvgIpc) is 1.98. The number of allylic oxidation sites excluding steroid dienone is 1. The van der Waals surface area contributed by atoms with Gasteiger partial charge in [-0.25, -0.2) is 0 Å². The first-order chi connectivity index (χ1) is 6.06. The lowest BCUT2D eigenvalue weighted by molar-refractivity contribution is 0.601. The van der Waals surface area contributed by atoms with E-state index >= 15 is 0 Å². The van der Waals surface area contributed by atoms with Crippen molar-refractivity contribution < 1.29 is 0 Å². The lowest BCUT2D eigenvalue weighted by Gasteiger charge is -2.14. The first-order valence-corrected chi connectivity index (χ1v) is 5.49. The van der Waals surface area contributed by atoms with Gasteiger partial charge in [-0.15, -0.1) is 0 Å². The minimum atomic E-state index is 0.511. The summed E-state index contributed by atoms with van der Waals surface area (Å²) >= 11 is 0. The van der Waals surface area contributed by atoms with Crippen molar-refractivity contribution in [2.75, 3.05) is 0 Å². The van der Waals surface area contributed by atoms with Gasteiger partial charge < -0.3 is 5.32 Å². The summed E-state index contributed by atoms with van der Waals surface area (Å²) in [6.07, 6.45) is 6.20. The van der Waals surface area contributed by atoms with Crippen molar-refractivity contribution in [3.63, 3.8) is 0 Å². The van der Waals surface area contributed by atoms with E-state index in [0.29, 0.717) is 12.0 Å². The van der Waals surface area contributed by atoms with Crippen molar-refractivity contribution >= 4 is 7.85 Å². The van der Waals surface area contributed by atoms with Gasteiger partial charge in [-0.3, -0.25) is 0 Å². The summed E-state index contributed by atoms with van der Waals surface area (Å²) in [5, 5.41) is 3.47. The van der Waals surface area contributed by atoms with Gasteiger partial charge in [0.1, 0.15) is 7.85 Å². The lowest BCUT2D eigenvalue weighted by atomic mass is 9.92. The maximum Gasteiger partial charge on any atom is 0.128 e. The Labute approximate surface area is 84.4 Å². The van der Waals surface area contributed by atoms with E-state index in [1.54, 1.807) is 0 Å². The van der Waals surface area contributed by atoms with E-state index in [-0.39, 0.29) is 0 Å².